The molecule has 0 aromatic carbocycles. The fourth-order valence-electron chi connectivity index (χ4n) is 1.40. The third-order valence-corrected chi connectivity index (χ3v) is 2.56. The Kier molecular flexibility index (Phi) is 2.68. The minimum Gasteiger partial charge on any atom is -0.341 e. The Hall–Kier alpha value is -1.04. The summed E-state index contributed by atoms with van der Waals surface area (Å²) in [5.74, 6) is 0.243. The van der Waals surface area contributed by atoms with E-state index in [1.807, 2.05) is 0 Å². The Morgan fingerprint density at radius 1 is 1.47 bits per heavy atom. The first-order valence-corrected chi connectivity index (χ1v) is 5.07. The third kappa shape index (κ3) is 1.99. The number of rotatable bonds is 2. The Labute approximate surface area is 93.2 Å². The van der Waals surface area contributed by atoms with E-state index in [9.17, 15) is 13.6 Å². The van der Waals surface area contributed by atoms with Crippen LogP contribution in [-0.2, 0) is 4.79 Å². The van der Waals surface area contributed by atoms with Gasteiger partial charge in [0.15, 0.2) is 5.78 Å². The van der Waals surface area contributed by atoms with Crippen molar-refractivity contribution in [3.05, 3.63) is 22.3 Å². The van der Waals surface area contributed by atoms with Crippen molar-refractivity contribution in [2.45, 2.75) is 6.43 Å². The third-order valence-electron chi connectivity index (χ3n) is 2.13. The van der Waals surface area contributed by atoms with E-state index < -0.39 is 6.43 Å². The van der Waals surface area contributed by atoms with Gasteiger partial charge in [0.1, 0.15) is 5.82 Å². The number of halogens is 3. The van der Waals surface area contributed by atoms with Crippen LogP contribution in [0.2, 0.25) is 0 Å². The SMILES string of the molecule is O=C1CN(c2ncc(Br)cc2C(F)F)C1. The van der Waals surface area contributed by atoms with Crippen LogP contribution in [0.4, 0.5) is 14.6 Å². The maximum atomic E-state index is 12.7. The van der Waals surface area contributed by atoms with E-state index in [0.717, 1.165) is 0 Å². The van der Waals surface area contributed by atoms with Crippen LogP contribution in [-0.4, -0.2) is 23.9 Å². The molecule has 0 aliphatic carbocycles. The van der Waals surface area contributed by atoms with Crippen LogP contribution in [0.1, 0.15) is 12.0 Å². The second-order valence-corrected chi connectivity index (χ2v) is 4.18. The van der Waals surface area contributed by atoms with Crippen molar-refractivity contribution in [2.24, 2.45) is 0 Å². The van der Waals surface area contributed by atoms with Crippen molar-refractivity contribution in [1.82, 2.24) is 4.98 Å². The van der Waals surface area contributed by atoms with Gasteiger partial charge >= 0.3 is 0 Å². The van der Waals surface area contributed by atoms with Crippen LogP contribution in [0, 0.1) is 0 Å². The number of hydrogen-bond donors (Lipinski definition) is 0. The largest absolute Gasteiger partial charge is 0.341 e. The van der Waals surface area contributed by atoms with Crippen molar-refractivity contribution >= 4 is 27.5 Å². The molecule has 1 saturated heterocycles. The molecule has 0 saturated carbocycles. The molecule has 1 aromatic rings. The summed E-state index contributed by atoms with van der Waals surface area (Å²) in [6.45, 7) is 0.350. The first-order valence-electron chi connectivity index (χ1n) is 4.28. The Morgan fingerprint density at radius 2 is 2.13 bits per heavy atom. The van der Waals surface area contributed by atoms with E-state index >= 15 is 0 Å². The van der Waals surface area contributed by atoms with Gasteiger partial charge in [-0.3, -0.25) is 4.79 Å². The number of Topliss-reactive ketones (excluding diaryl/α,β-unsaturated/α-hetero) is 1. The highest BCUT2D eigenvalue weighted by Gasteiger charge is 2.29. The van der Waals surface area contributed by atoms with Crippen LogP contribution in [0.15, 0.2) is 16.7 Å². The molecule has 0 bridgehead atoms. The Balaban J connectivity index is 2.33. The number of ketones is 1. The number of aromatic nitrogens is 1. The van der Waals surface area contributed by atoms with Crippen molar-refractivity contribution in [2.75, 3.05) is 18.0 Å². The first kappa shape index (κ1) is 10.5. The second kappa shape index (κ2) is 3.84. The van der Waals surface area contributed by atoms with E-state index in [4.69, 9.17) is 0 Å². The van der Waals surface area contributed by atoms with Gasteiger partial charge in [-0.1, -0.05) is 0 Å². The molecule has 0 amide bonds. The zero-order valence-electron chi connectivity index (χ0n) is 7.58. The number of hydrogen-bond acceptors (Lipinski definition) is 3. The predicted octanol–water partition coefficient (Wildman–Crippen LogP) is 2.17. The highest BCUT2D eigenvalue weighted by molar-refractivity contribution is 9.10. The molecule has 6 heteroatoms. The van der Waals surface area contributed by atoms with Gasteiger partial charge in [-0.25, -0.2) is 13.8 Å². The van der Waals surface area contributed by atoms with Crippen LogP contribution in [0.5, 0.6) is 0 Å². The molecule has 15 heavy (non-hydrogen) atoms. The Bertz CT molecular complexity index is 403. The molecule has 0 atom stereocenters. The van der Waals surface area contributed by atoms with Gasteiger partial charge in [0.2, 0.25) is 0 Å². The number of carbonyl (C=O) groups excluding carboxylic acids is 1. The monoisotopic (exact) mass is 276 g/mol. The fourth-order valence-corrected chi connectivity index (χ4v) is 1.75. The molecule has 0 radical (unpaired) electrons. The lowest BCUT2D eigenvalue weighted by atomic mass is 10.1. The number of alkyl halides is 2. The average Bonchev–Trinajstić information content (AvgIpc) is 2.13. The topological polar surface area (TPSA) is 33.2 Å². The van der Waals surface area contributed by atoms with Crippen LogP contribution in [0.3, 0.4) is 0 Å². The quantitative estimate of drug-likeness (QED) is 0.830. The number of carbonyl (C=O) groups is 1. The standard InChI is InChI=1S/C9H7BrF2N2O/c10-5-1-7(8(11)12)9(13-2-5)14-3-6(15)4-14/h1-2,8H,3-4H2. The van der Waals surface area contributed by atoms with Crippen LogP contribution >= 0.6 is 15.9 Å². The van der Waals surface area contributed by atoms with Crippen LogP contribution < -0.4 is 4.90 Å². The maximum Gasteiger partial charge on any atom is 0.267 e. The lowest BCUT2D eigenvalue weighted by molar-refractivity contribution is -0.119. The summed E-state index contributed by atoms with van der Waals surface area (Å²) in [6.07, 6.45) is -1.13. The van der Waals surface area contributed by atoms with Crippen molar-refractivity contribution in [1.29, 1.82) is 0 Å². The van der Waals surface area contributed by atoms with Gasteiger partial charge in [0.05, 0.1) is 18.7 Å². The fraction of sp³-hybridized carbons (Fsp3) is 0.333. The molecule has 1 fully saturated rings. The van der Waals surface area contributed by atoms with Gasteiger partial charge < -0.3 is 4.90 Å². The molecule has 80 valence electrons. The molecular weight excluding hydrogens is 270 g/mol. The summed E-state index contributed by atoms with van der Waals surface area (Å²) in [5.41, 5.74) is -0.142. The van der Waals surface area contributed by atoms with Gasteiger partial charge in [0, 0.05) is 10.7 Å². The number of nitrogens with zero attached hydrogens (tertiary/aromatic N) is 2. The minimum atomic E-state index is -2.58. The van der Waals surface area contributed by atoms with Gasteiger partial charge in [0.25, 0.3) is 6.43 Å². The van der Waals surface area contributed by atoms with Gasteiger partial charge in [-0.15, -0.1) is 0 Å². The molecule has 2 rings (SSSR count). The van der Waals surface area contributed by atoms with E-state index in [1.54, 1.807) is 0 Å². The van der Waals surface area contributed by atoms with Crippen molar-refractivity contribution < 1.29 is 13.6 Å². The summed E-state index contributed by atoms with van der Waals surface area (Å²) in [7, 11) is 0. The predicted molar refractivity (Wildman–Crippen MR) is 54.1 cm³/mol. The molecule has 2 heterocycles. The smallest absolute Gasteiger partial charge is 0.267 e. The summed E-state index contributed by atoms with van der Waals surface area (Å²) in [6, 6.07) is 1.33. The van der Waals surface area contributed by atoms with Crippen molar-refractivity contribution in [3.8, 4) is 0 Å². The van der Waals surface area contributed by atoms with E-state index in [1.165, 1.54) is 17.2 Å². The maximum absolute atomic E-state index is 12.7. The summed E-state index contributed by atoms with van der Waals surface area (Å²) in [5, 5.41) is 0. The molecule has 0 unspecified atom stereocenters. The van der Waals surface area contributed by atoms with E-state index in [2.05, 4.69) is 20.9 Å². The normalized spacial score (nSPS) is 15.7. The van der Waals surface area contributed by atoms with Crippen LogP contribution in [0.25, 0.3) is 0 Å². The van der Waals surface area contributed by atoms with Crippen molar-refractivity contribution in [3.63, 3.8) is 0 Å². The molecular formula is C9H7BrF2N2O. The second-order valence-electron chi connectivity index (χ2n) is 3.26. The molecule has 0 N–H and O–H groups in total. The highest BCUT2D eigenvalue weighted by atomic mass is 79.9. The average molecular weight is 277 g/mol. The van der Waals surface area contributed by atoms with Gasteiger partial charge in [-0.2, -0.15) is 0 Å². The zero-order valence-corrected chi connectivity index (χ0v) is 9.17. The summed E-state index contributed by atoms with van der Waals surface area (Å²) >= 11 is 3.08. The minimum absolute atomic E-state index is 0.0416. The molecule has 1 aromatic heterocycles. The molecule has 1 aliphatic heterocycles. The zero-order chi connectivity index (χ0) is 11.0. The first-order chi connectivity index (χ1) is 7.08. The lowest BCUT2D eigenvalue weighted by Crippen LogP contribution is -2.48. The van der Waals surface area contributed by atoms with Gasteiger partial charge in [-0.05, 0) is 22.0 Å². The molecule has 3 nitrogen and oxygen atoms in total. The van der Waals surface area contributed by atoms with E-state index in [0.29, 0.717) is 4.47 Å². The summed E-state index contributed by atoms with van der Waals surface area (Å²) in [4.78, 5) is 16.2. The molecule has 0 spiro atoms. The number of anilines is 1. The lowest BCUT2D eigenvalue weighted by Gasteiger charge is -2.31. The highest BCUT2D eigenvalue weighted by Crippen LogP contribution is 2.31. The summed E-state index contributed by atoms with van der Waals surface area (Å²) < 4.78 is 25.8. The molecule has 1 aliphatic rings. The number of pyridine rings is 1. The Morgan fingerprint density at radius 3 is 2.67 bits per heavy atom. The van der Waals surface area contributed by atoms with E-state index in [-0.39, 0.29) is 30.3 Å².